The van der Waals surface area contributed by atoms with E-state index in [0.29, 0.717) is 34.9 Å². The van der Waals surface area contributed by atoms with Crippen LogP contribution in [-0.4, -0.2) is 242 Å². The first-order chi connectivity index (χ1) is 59.6. The summed E-state index contributed by atoms with van der Waals surface area (Å²) in [5.74, 6) is -16.3. The van der Waals surface area contributed by atoms with E-state index >= 15 is 0 Å². The van der Waals surface area contributed by atoms with E-state index in [9.17, 15) is 90.5 Å². The smallest absolute Gasteiger partial charge is 0.245 e. The van der Waals surface area contributed by atoms with Gasteiger partial charge in [0.25, 0.3) is 0 Å². The maximum absolute atomic E-state index is 15.0. The molecule has 1 aliphatic heterocycles. The molecule has 0 saturated carbocycles. The van der Waals surface area contributed by atoms with Crippen LogP contribution in [0, 0.1) is 10.8 Å². The monoisotopic (exact) mass is 1770 g/mol. The molecule has 125 heavy (non-hydrogen) atoms. The van der Waals surface area contributed by atoms with Gasteiger partial charge in [-0.25, -0.2) is 8.42 Å². The van der Waals surface area contributed by atoms with Gasteiger partial charge in [-0.05, 0) is 94.2 Å². The summed E-state index contributed by atoms with van der Waals surface area (Å²) in [4.78, 5) is 214. The number of unbranched alkanes of at least 4 members (excludes halogenated alkanes) is 13. The van der Waals surface area contributed by atoms with Crippen LogP contribution in [0.15, 0.2) is 60.8 Å². The van der Waals surface area contributed by atoms with Gasteiger partial charge >= 0.3 is 0 Å². The molecule has 0 bridgehead atoms. The Hall–Kier alpha value is -11.6. The summed E-state index contributed by atoms with van der Waals surface area (Å²) in [6.07, 6.45) is 14.0. The number of benzene rings is 2. The number of aliphatic hydroxyl groups is 2. The van der Waals surface area contributed by atoms with Gasteiger partial charge in [-0.1, -0.05) is 152 Å². The van der Waals surface area contributed by atoms with E-state index in [4.69, 9.17) is 33.8 Å². The van der Waals surface area contributed by atoms with Crippen molar-refractivity contribution in [2.75, 3.05) is 51.4 Å². The van der Waals surface area contributed by atoms with E-state index in [2.05, 4.69) is 91.7 Å². The molecule has 2 aromatic carbocycles. The summed E-state index contributed by atoms with van der Waals surface area (Å²) in [5, 5.41) is 75.0. The molecule has 1 aromatic heterocycles. The maximum Gasteiger partial charge on any atom is 0.245 e. The van der Waals surface area contributed by atoms with Crippen molar-refractivity contribution in [3.63, 3.8) is 0 Å². The molecule has 0 radical (unpaired) electrons. The summed E-state index contributed by atoms with van der Waals surface area (Å²) in [5.41, 5.74) is 24.1. The Kier molecular flexibility index (Phi) is 49.5. The summed E-state index contributed by atoms with van der Waals surface area (Å²) >= 11 is 0. The van der Waals surface area contributed by atoms with Crippen molar-refractivity contribution in [3.05, 3.63) is 71.9 Å². The Balaban J connectivity index is 1.63. The Bertz CT molecular complexity index is 4140. The lowest BCUT2D eigenvalue weighted by Crippen LogP contribution is -2.61. The largest absolute Gasteiger partial charge is 0.394 e. The highest BCUT2D eigenvalue weighted by Crippen LogP contribution is 2.21. The molecular formula is C83H134N22O19S. The SMILES string of the molecule is CCCCCCCCCCCCCCCC(=O)NCC(=O)N[C@@H](CO)C(=O)N[C@@H](CCC(N)=O)C(=O)N[C@@H](CCCNC(=N)N)C(=O)N[C@@H](CO)C(=O)N[C@@H](CCCC)C(=O)N[C@H]1CCC(=O)NCCCC[C@@H](C(N)=O)NC(=O)[C@H](Cc2c[nH]c3ccccc23)NC(=O)[C@H](CCCNC(=N)N)NC(=O)[C@@H](Cc2ccccc2)NC(=O)[C@H](CCS(C)(=O)=O)NC1=O. The number of aliphatic hydroxyl groups excluding tert-OH is 2. The Labute approximate surface area is 729 Å². The van der Waals surface area contributed by atoms with E-state index in [1.165, 1.54) is 51.4 Å². The van der Waals surface area contributed by atoms with Crippen LogP contribution in [0.5, 0.6) is 0 Å². The molecule has 1 fully saturated rings. The van der Waals surface area contributed by atoms with Crippen LogP contribution in [0.3, 0.4) is 0 Å². The summed E-state index contributed by atoms with van der Waals surface area (Å²) in [6.45, 7) is 1.07. The molecule has 28 N–H and O–H groups in total. The number of aromatic amines is 1. The number of amides is 15. The third kappa shape index (κ3) is 43.1. The van der Waals surface area contributed by atoms with Gasteiger partial charge in [0.05, 0.1) is 25.5 Å². The number of nitrogens with two attached hydrogens (primary N) is 4. The standard InChI is InChI=1S/C83H134N22O19S/c1-4-6-8-9-10-11-12-13-14-15-16-17-21-36-68(109)94-49-70(111)95-65(50-106)80(121)101-60(37-39-67(84)108)75(116)97-59(35-27-44-92-83(88)89)74(115)105-66(51-107)81(122)99-57(31-7-5-2)72(113)100-61-38-40-69(110)90-42-25-24-33-56(71(85)112)96-79(120)64(47-53-48-93-55-32-23-22-30-54(53)55)104-73(114)58(34-26-43-91-82(86)87)98-78(119)63(46-52-28-19-18-20-29-52)103-77(118)62(102-76(61)117)41-45-125(3,123)124/h18-20,22-23,28-30,32,48,56-66,93,106-107H,4-17,21,24-27,31,33-47,49-51H2,1-3H3,(H2,84,108)(H2,85,112)(H,90,110)(H,94,109)(H,95,111)(H,96,120)(H,97,116)(H,98,119)(H,99,122)(H,100,113)(H,101,121)(H,102,117)(H,103,118)(H,104,114)(H,105,115)(H4,86,87,91)(H4,88,89,92)/t56-,57-,58-,59-,60-,61-,62-,63+,64-,65-,66-/m0/s1. The van der Waals surface area contributed by atoms with Crippen LogP contribution >= 0.6 is 0 Å². The number of sulfone groups is 1. The first-order valence-corrected chi connectivity index (χ1v) is 45.3. The third-order valence-corrected chi connectivity index (χ3v) is 21.9. The molecule has 1 saturated heterocycles. The molecule has 1 aliphatic rings. The fourth-order valence-electron chi connectivity index (χ4n) is 13.8. The van der Waals surface area contributed by atoms with Crippen molar-refractivity contribution in [1.29, 1.82) is 10.8 Å². The van der Waals surface area contributed by atoms with Crippen LogP contribution in [0.25, 0.3) is 10.9 Å². The normalized spacial score (nSPS) is 18.4. The molecule has 3 aromatic rings. The first kappa shape index (κ1) is 106. The van der Waals surface area contributed by atoms with Crippen LogP contribution < -0.4 is 103 Å². The summed E-state index contributed by atoms with van der Waals surface area (Å²) in [6, 6.07) is -2.97. The predicted molar refractivity (Wildman–Crippen MR) is 467 cm³/mol. The van der Waals surface area contributed by atoms with Crippen molar-refractivity contribution >= 4 is 121 Å². The number of carbonyl (C=O) groups is 15. The topological polar surface area (TPSA) is 679 Å². The van der Waals surface area contributed by atoms with Crippen molar-refractivity contribution in [1.82, 2.24) is 84.7 Å². The number of nitrogens with one attached hydrogen (secondary N) is 18. The van der Waals surface area contributed by atoms with E-state index in [0.717, 1.165) is 31.9 Å². The molecule has 41 nitrogen and oxygen atoms in total. The molecule has 0 unspecified atom stereocenters. The van der Waals surface area contributed by atoms with Crippen molar-refractivity contribution in [2.45, 2.75) is 279 Å². The number of guanidine groups is 2. The van der Waals surface area contributed by atoms with E-state index < -0.39 is 234 Å². The number of para-hydroxylation sites is 1. The molecule has 0 spiro atoms. The predicted octanol–water partition coefficient (Wildman–Crippen LogP) is -2.15. The molecule has 15 amide bonds. The number of H-pyrrole nitrogens is 1. The minimum Gasteiger partial charge on any atom is -0.394 e. The summed E-state index contributed by atoms with van der Waals surface area (Å²) in [7, 11) is -3.97. The van der Waals surface area contributed by atoms with Crippen molar-refractivity contribution < 1.29 is 90.5 Å². The lowest BCUT2D eigenvalue weighted by atomic mass is 10.0. The van der Waals surface area contributed by atoms with Gasteiger partial charge in [0.2, 0.25) is 88.6 Å². The number of carbonyl (C=O) groups excluding carboxylic acids is 15. The average molecular weight is 1780 g/mol. The first-order valence-electron chi connectivity index (χ1n) is 43.2. The zero-order valence-electron chi connectivity index (χ0n) is 72.0. The number of fused-ring (bicyclic) bond motifs is 1. The summed E-state index contributed by atoms with van der Waals surface area (Å²) < 4.78 is 25.9. The number of hydrogen-bond acceptors (Lipinski definition) is 21. The van der Waals surface area contributed by atoms with Crippen LogP contribution in [0.1, 0.15) is 211 Å². The van der Waals surface area contributed by atoms with Gasteiger partial charge in [-0.3, -0.25) is 82.7 Å². The Morgan fingerprint density at radius 2 is 0.984 bits per heavy atom. The fourth-order valence-corrected chi connectivity index (χ4v) is 14.4. The second-order valence-corrected chi connectivity index (χ2v) is 33.7. The van der Waals surface area contributed by atoms with E-state index in [1.54, 1.807) is 67.7 Å². The second-order valence-electron chi connectivity index (χ2n) is 31.4. The second kappa shape index (κ2) is 58.5. The highest BCUT2D eigenvalue weighted by molar-refractivity contribution is 7.90. The van der Waals surface area contributed by atoms with Gasteiger partial charge in [-0.15, -0.1) is 0 Å². The highest BCUT2D eigenvalue weighted by Gasteiger charge is 2.38. The Morgan fingerprint density at radius 3 is 1.56 bits per heavy atom. The van der Waals surface area contributed by atoms with Gasteiger partial charge < -0.3 is 118 Å². The van der Waals surface area contributed by atoms with E-state index in [-0.39, 0.29) is 96.7 Å². The lowest BCUT2D eigenvalue weighted by Gasteiger charge is -2.28. The van der Waals surface area contributed by atoms with Crippen LogP contribution in [-0.2, 0) is 94.6 Å². The molecule has 696 valence electrons. The van der Waals surface area contributed by atoms with E-state index in [1.807, 2.05) is 0 Å². The van der Waals surface area contributed by atoms with Crippen LogP contribution in [0.4, 0.5) is 0 Å². The zero-order chi connectivity index (χ0) is 92.2. The van der Waals surface area contributed by atoms with Gasteiger partial charge in [0.1, 0.15) is 76.3 Å². The number of hydrogen-bond donors (Lipinski definition) is 24. The highest BCUT2D eigenvalue weighted by atomic mass is 32.2. The number of rotatable bonds is 51. The molecule has 0 aliphatic carbocycles. The lowest BCUT2D eigenvalue weighted by molar-refractivity contribution is -0.137. The quantitative estimate of drug-likeness (QED) is 0.0163. The molecule has 42 heteroatoms. The number of aromatic nitrogens is 1. The van der Waals surface area contributed by atoms with Crippen LogP contribution in [0.2, 0.25) is 0 Å². The number of primary amides is 2. The third-order valence-electron chi connectivity index (χ3n) is 20.9. The minimum absolute atomic E-state index is 0.0167. The van der Waals surface area contributed by atoms with Gasteiger partial charge in [0, 0.05) is 75.1 Å². The Morgan fingerprint density at radius 1 is 0.496 bits per heavy atom. The zero-order valence-corrected chi connectivity index (χ0v) is 72.9. The van der Waals surface area contributed by atoms with Crippen molar-refractivity contribution in [3.8, 4) is 0 Å². The molecule has 2 heterocycles. The van der Waals surface area contributed by atoms with Gasteiger partial charge in [-0.2, -0.15) is 0 Å². The molecule has 11 atom stereocenters. The molecular weight excluding hydrogens is 1640 g/mol. The average Bonchev–Trinajstić information content (AvgIpc) is 1.66. The maximum atomic E-state index is 15.0. The molecule has 4 rings (SSSR count). The van der Waals surface area contributed by atoms with Gasteiger partial charge in [0.15, 0.2) is 11.9 Å². The van der Waals surface area contributed by atoms with Crippen molar-refractivity contribution in [2.24, 2.45) is 22.9 Å². The minimum atomic E-state index is -3.97. The fraction of sp³-hybridized carbons (Fsp3) is 0.627.